The lowest BCUT2D eigenvalue weighted by Crippen LogP contribution is -2.37. The Bertz CT molecular complexity index is 554. The lowest BCUT2D eigenvalue weighted by atomic mass is 9.97. The van der Waals surface area contributed by atoms with Gasteiger partial charge in [0.25, 0.3) is 0 Å². The van der Waals surface area contributed by atoms with Gasteiger partial charge in [0, 0.05) is 25.4 Å². The van der Waals surface area contributed by atoms with Crippen molar-refractivity contribution in [1.82, 2.24) is 10.6 Å². The molecule has 1 heterocycles. The summed E-state index contributed by atoms with van der Waals surface area (Å²) in [5.41, 5.74) is 1.18. The van der Waals surface area contributed by atoms with Gasteiger partial charge in [-0.15, -0.1) is 0 Å². The van der Waals surface area contributed by atoms with Gasteiger partial charge < -0.3 is 10.6 Å². The third-order valence-corrected chi connectivity index (χ3v) is 5.81. The second-order valence-corrected chi connectivity index (χ2v) is 8.28. The molecule has 1 aliphatic heterocycles. The zero-order valence-corrected chi connectivity index (χ0v) is 13.6. The van der Waals surface area contributed by atoms with Crippen LogP contribution in [0.15, 0.2) is 11.6 Å². The SMILES string of the molecule is O=C(CC1=CCCCC1)NCCC(=O)N[C@@H]1CCS(=O)(=O)C1. The second-order valence-electron chi connectivity index (χ2n) is 6.05. The number of rotatable bonds is 6. The molecule has 0 radical (unpaired) electrons. The van der Waals surface area contributed by atoms with E-state index in [1.807, 2.05) is 0 Å². The molecule has 0 bridgehead atoms. The summed E-state index contributed by atoms with van der Waals surface area (Å²) in [6, 6.07) is -0.277. The molecular weight excluding hydrogens is 304 g/mol. The summed E-state index contributed by atoms with van der Waals surface area (Å²) in [5.74, 6) is -0.0908. The summed E-state index contributed by atoms with van der Waals surface area (Å²) >= 11 is 0. The van der Waals surface area contributed by atoms with Crippen molar-refractivity contribution in [3.05, 3.63) is 11.6 Å². The van der Waals surface area contributed by atoms with Gasteiger partial charge in [-0.3, -0.25) is 9.59 Å². The molecule has 124 valence electrons. The first-order chi connectivity index (χ1) is 10.4. The molecule has 1 saturated heterocycles. The van der Waals surface area contributed by atoms with Gasteiger partial charge in [-0.25, -0.2) is 8.42 Å². The van der Waals surface area contributed by atoms with Gasteiger partial charge in [0.15, 0.2) is 9.84 Å². The van der Waals surface area contributed by atoms with Crippen LogP contribution in [0.25, 0.3) is 0 Å². The molecule has 1 aliphatic carbocycles. The van der Waals surface area contributed by atoms with Gasteiger partial charge in [-0.1, -0.05) is 11.6 Å². The number of amides is 2. The van der Waals surface area contributed by atoms with E-state index in [1.54, 1.807) is 0 Å². The normalized spacial score (nSPS) is 23.6. The Morgan fingerprint density at radius 1 is 1.23 bits per heavy atom. The maximum absolute atomic E-state index is 11.8. The Morgan fingerprint density at radius 2 is 2.05 bits per heavy atom. The molecule has 22 heavy (non-hydrogen) atoms. The number of hydrogen-bond acceptors (Lipinski definition) is 4. The molecule has 7 heteroatoms. The van der Waals surface area contributed by atoms with E-state index < -0.39 is 9.84 Å². The van der Waals surface area contributed by atoms with E-state index in [-0.39, 0.29) is 42.3 Å². The highest BCUT2D eigenvalue weighted by molar-refractivity contribution is 7.91. The maximum atomic E-state index is 11.8. The van der Waals surface area contributed by atoms with Crippen LogP contribution < -0.4 is 10.6 Å². The monoisotopic (exact) mass is 328 g/mol. The summed E-state index contributed by atoms with van der Waals surface area (Å²) in [4.78, 5) is 23.5. The second kappa shape index (κ2) is 7.76. The summed E-state index contributed by atoms with van der Waals surface area (Å²) in [5, 5.41) is 5.45. The van der Waals surface area contributed by atoms with Gasteiger partial charge in [0.1, 0.15) is 0 Å². The fourth-order valence-electron chi connectivity index (χ4n) is 2.86. The number of nitrogens with one attached hydrogen (secondary N) is 2. The third-order valence-electron chi connectivity index (χ3n) is 4.04. The lowest BCUT2D eigenvalue weighted by molar-refractivity contribution is -0.122. The molecule has 6 nitrogen and oxygen atoms in total. The maximum Gasteiger partial charge on any atom is 0.224 e. The number of hydrogen-bond donors (Lipinski definition) is 2. The highest BCUT2D eigenvalue weighted by atomic mass is 32.2. The summed E-state index contributed by atoms with van der Waals surface area (Å²) in [7, 11) is -2.98. The fraction of sp³-hybridized carbons (Fsp3) is 0.733. The third kappa shape index (κ3) is 5.79. The predicted octanol–water partition coefficient (Wildman–Crippen LogP) is 0.686. The largest absolute Gasteiger partial charge is 0.355 e. The molecule has 2 amide bonds. The quantitative estimate of drug-likeness (QED) is 0.702. The lowest BCUT2D eigenvalue weighted by Gasteiger charge is -2.13. The van der Waals surface area contributed by atoms with Crippen LogP contribution in [0, 0.1) is 0 Å². The Labute approximate surface area is 131 Å². The van der Waals surface area contributed by atoms with Crippen LogP contribution in [-0.2, 0) is 19.4 Å². The molecule has 0 aromatic heterocycles. The van der Waals surface area contributed by atoms with E-state index in [9.17, 15) is 18.0 Å². The van der Waals surface area contributed by atoms with E-state index >= 15 is 0 Å². The zero-order chi connectivity index (χ0) is 16.0. The van der Waals surface area contributed by atoms with Crippen LogP contribution in [0.5, 0.6) is 0 Å². The molecule has 1 fully saturated rings. The molecule has 0 unspecified atom stereocenters. The van der Waals surface area contributed by atoms with E-state index in [1.165, 1.54) is 12.0 Å². The molecule has 0 aromatic carbocycles. The molecule has 2 N–H and O–H groups in total. The van der Waals surface area contributed by atoms with Crippen molar-refractivity contribution in [2.24, 2.45) is 0 Å². The summed E-state index contributed by atoms with van der Waals surface area (Å²) in [6.45, 7) is 0.289. The van der Waals surface area contributed by atoms with Crippen molar-refractivity contribution in [3.8, 4) is 0 Å². The molecule has 0 saturated carbocycles. The Balaban J connectivity index is 1.60. The van der Waals surface area contributed by atoms with E-state index in [4.69, 9.17) is 0 Å². The molecule has 2 rings (SSSR count). The minimum Gasteiger partial charge on any atom is -0.355 e. The highest BCUT2D eigenvalue weighted by Crippen LogP contribution is 2.19. The molecule has 0 spiro atoms. The Hall–Kier alpha value is -1.37. The average molecular weight is 328 g/mol. The first-order valence-electron chi connectivity index (χ1n) is 7.89. The van der Waals surface area contributed by atoms with Crippen molar-refractivity contribution in [2.75, 3.05) is 18.1 Å². The first-order valence-corrected chi connectivity index (χ1v) is 9.71. The van der Waals surface area contributed by atoms with Crippen molar-refractivity contribution < 1.29 is 18.0 Å². The standard InChI is InChI=1S/C15H24N2O4S/c18-14(17-13-7-9-22(20,21)11-13)6-8-16-15(19)10-12-4-2-1-3-5-12/h4,13H,1-3,5-11H2,(H,16,19)(H,17,18)/t13-/m1/s1. The number of carbonyl (C=O) groups is 2. The van der Waals surface area contributed by atoms with Crippen LogP contribution in [0.1, 0.15) is 44.9 Å². The topological polar surface area (TPSA) is 92.3 Å². The minimum absolute atomic E-state index is 0.0270. The van der Waals surface area contributed by atoms with Gasteiger partial charge in [0.05, 0.1) is 11.5 Å². The molecular formula is C15H24N2O4S. The van der Waals surface area contributed by atoms with Crippen LogP contribution in [0.2, 0.25) is 0 Å². The van der Waals surface area contributed by atoms with Gasteiger partial charge in [-0.2, -0.15) is 0 Å². The van der Waals surface area contributed by atoms with Crippen molar-refractivity contribution in [2.45, 2.75) is 51.0 Å². The smallest absolute Gasteiger partial charge is 0.224 e. The molecule has 1 atom stereocenters. The summed E-state index contributed by atoms with van der Waals surface area (Å²) in [6.07, 6.45) is 7.60. The van der Waals surface area contributed by atoms with Gasteiger partial charge in [-0.05, 0) is 32.1 Å². The first kappa shape index (κ1) is 17.0. The molecule has 2 aliphatic rings. The number of allylic oxidation sites excluding steroid dienone is 1. The van der Waals surface area contributed by atoms with E-state index in [2.05, 4.69) is 16.7 Å². The van der Waals surface area contributed by atoms with Gasteiger partial charge in [0.2, 0.25) is 11.8 Å². The van der Waals surface area contributed by atoms with Crippen LogP contribution >= 0.6 is 0 Å². The van der Waals surface area contributed by atoms with E-state index in [0.717, 1.165) is 19.3 Å². The van der Waals surface area contributed by atoms with Crippen molar-refractivity contribution in [1.29, 1.82) is 0 Å². The minimum atomic E-state index is -2.98. The summed E-state index contributed by atoms with van der Waals surface area (Å²) < 4.78 is 22.6. The number of sulfone groups is 1. The van der Waals surface area contributed by atoms with Crippen LogP contribution in [0.3, 0.4) is 0 Å². The van der Waals surface area contributed by atoms with Crippen LogP contribution in [0.4, 0.5) is 0 Å². The van der Waals surface area contributed by atoms with E-state index in [0.29, 0.717) is 12.8 Å². The zero-order valence-electron chi connectivity index (χ0n) is 12.8. The number of carbonyl (C=O) groups excluding carboxylic acids is 2. The highest BCUT2D eigenvalue weighted by Gasteiger charge is 2.28. The van der Waals surface area contributed by atoms with Crippen molar-refractivity contribution >= 4 is 21.7 Å². The molecule has 0 aromatic rings. The predicted molar refractivity (Wildman–Crippen MR) is 84.0 cm³/mol. The van der Waals surface area contributed by atoms with Gasteiger partial charge >= 0.3 is 0 Å². The average Bonchev–Trinajstić information content (AvgIpc) is 2.79. The van der Waals surface area contributed by atoms with Crippen molar-refractivity contribution in [3.63, 3.8) is 0 Å². The Kier molecular flexibility index (Phi) is 5.99. The van der Waals surface area contributed by atoms with Crippen LogP contribution in [-0.4, -0.2) is 44.3 Å². The Morgan fingerprint density at radius 3 is 2.68 bits per heavy atom. The fourth-order valence-corrected chi connectivity index (χ4v) is 4.53.